The van der Waals surface area contributed by atoms with Gasteiger partial charge in [-0.15, -0.1) is 0 Å². The number of hydrogen-bond donors (Lipinski definition) is 2. The van der Waals surface area contributed by atoms with Crippen molar-refractivity contribution < 1.29 is 14.3 Å². The fraction of sp³-hybridized carbons (Fsp3) is 0.467. The molecular formula is C15H20N2O3. The number of primary amides is 1. The molecule has 0 atom stereocenters. The summed E-state index contributed by atoms with van der Waals surface area (Å²) in [5, 5.41) is 2.44. The Morgan fingerprint density at radius 2 is 1.80 bits per heavy atom. The lowest BCUT2D eigenvalue weighted by Crippen LogP contribution is -2.33. The van der Waals surface area contributed by atoms with E-state index in [0.717, 1.165) is 18.6 Å². The maximum absolute atomic E-state index is 11.7. The molecule has 2 amide bonds. The van der Waals surface area contributed by atoms with Gasteiger partial charge in [0.05, 0.1) is 12.6 Å². The van der Waals surface area contributed by atoms with E-state index in [1.807, 2.05) is 0 Å². The molecule has 0 unspecified atom stereocenters. The lowest BCUT2D eigenvalue weighted by atomic mass is 9.98. The van der Waals surface area contributed by atoms with Gasteiger partial charge in [-0.3, -0.25) is 9.59 Å². The fourth-order valence-electron chi connectivity index (χ4n) is 2.33. The average molecular weight is 276 g/mol. The average Bonchev–Trinajstić information content (AvgIpc) is 2.46. The minimum atomic E-state index is -0.560. The zero-order valence-corrected chi connectivity index (χ0v) is 11.4. The number of amides is 2. The first kappa shape index (κ1) is 14.4. The van der Waals surface area contributed by atoms with E-state index in [2.05, 4.69) is 5.32 Å². The van der Waals surface area contributed by atoms with Gasteiger partial charge in [0.2, 0.25) is 5.91 Å². The number of ether oxygens (including phenoxy) is 1. The van der Waals surface area contributed by atoms with Gasteiger partial charge in [0, 0.05) is 5.56 Å². The van der Waals surface area contributed by atoms with Crippen molar-refractivity contribution in [1.29, 1.82) is 0 Å². The van der Waals surface area contributed by atoms with E-state index in [9.17, 15) is 9.59 Å². The normalized spacial score (nSPS) is 15.6. The van der Waals surface area contributed by atoms with Gasteiger partial charge in [-0.25, -0.2) is 0 Å². The molecule has 0 aromatic heterocycles. The number of nitrogens with one attached hydrogen (secondary N) is 1. The number of hydrogen-bond acceptors (Lipinski definition) is 3. The van der Waals surface area contributed by atoms with Crippen molar-refractivity contribution in [3.8, 4) is 5.75 Å². The first-order chi connectivity index (χ1) is 9.65. The summed E-state index contributed by atoms with van der Waals surface area (Å²) in [7, 11) is 0. The quantitative estimate of drug-likeness (QED) is 0.857. The molecule has 0 bridgehead atoms. The number of rotatable bonds is 5. The van der Waals surface area contributed by atoms with Crippen molar-refractivity contribution in [1.82, 2.24) is 5.32 Å². The van der Waals surface area contributed by atoms with Crippen LogP contribution < -0.4 is 15.8 Å². The van der Waals surface area contributed by atoms with Crippen molar-refractivity contribution >= 4 is 11.8 Å². The standard InChI is InChI=1S/C15H20N2O3/c16-14(18)10-17-15(19)11-6-8-13(9-7-11)20-12-4-2-1-3-5-12/h6-9,12H,1-5,10H2,(H2,16,18)(H,17,19). The topological polar surface area (TPSA) is 81.4 Å². The van der Waals surface area contributed by atoms with Crippen LogP contribution in [0.4, 0.5) is 0 Å². The predicted molar refractivity (Wildman–Crippen MR) is 75.5 cm³/mol. The molecule has 0 radical (unpaired) electrons. The molecule has 1 aliphatic carbocycles. The summed E-state index contributed by atoms with van der Waals surface area (Å²) in [6.45, 7) is -0.154. The summed E-state index contributed by atoms with van der Waals surface area (Å²) in [5.41, 5.74) is 5.46. The Kier molecular flexibility index (Phi) is 4.98. The van der Waals surface area contributed by atoms with Crippen LogP contribution >= 0.6 is 0 Å². The maximum atomic E-state index is 11.7. The van der Waals surface area contributed by atoms with Gasteiger partial charge in [0.25, 0.3) is 5.91 Å². The second-order valence-corrected chi connectivity index (χ2v) is 5.05. The monoisotopic (exact) mass is 276 g/mol. The van der Waals surface area contributed by atoms with Crippen molar-refractivity contribution in [2.24, 2.45) is 5.73 Å². The summed E-state index contributed by atoms with van der Waals surface area (Å²) >= 11 is 0. The molecule has 1 saturated carbocycles. The smallest absolute Gasteiger partial charge is 0.251 e. The van der Waals surface area contributed by atoms with E-state index in [1.54, 1.807) is 24.3 Å². The van der Waals surface area contributed by atoms with E-state index in [-0.39, 0.29) is 12.5 Å². The predicted octanol–water partition coefficient (Wildman–Crippen LogP) is 1.61. The molecule has 0 heterocycles. The molecule has 1 aromatic carbocycles. The van der Waals surface area contributed by atoms with Gasteiger partial charge < -0.3 is 15.8 Å². The number of nitrogens with two attached hydrogens (primary N) is 1. The maximum Gasteiger partial charge on any atom is 0.251 e. The van der Waals surface area contributed by atoms with Crippen LogP contribution in [0, 0.1) is 0 Å². The van der Waals surface area contributed by atoms with E-state index in [4.69, 9.17) is 10.5 Å². The lowest BCUT2D eigenvalue weighted by Gasteiger charge is -2.23. The molecule has 1 aromatic rings. The van der Waals surface area contributed by atoms with Crippen LogP contribution in [0.3, 0.4) is 0 Å². The molecule has 5 heteroatoms. The minimum Gasteiger partial charge on any atom is -0.490 e. The van der Waals surface area contributed by atoms with Crippen LogP contribution in [0.2, 0.25) is 0 Å². The molecule has 5 nitrogen and oxygen atoms in total. The Labute approximate surface area is 118 Å². The van der Waals surface area contributed by atoms with Crippen molar-refractivity contribution in [3.63, 3.8) is 0 Å². The van der Waals surface area contributed by atoms with Gasteiger partial charge in [-0.1, -0.05) is 6.42 Å². The molecule has 0 aliphatic heterocycles. The van der Waals surface area contributed by atoms with Crippen LogP contribution in [-0.4, -0.2) is 24.5 Å². The summed E-state index contributed by atoms with van der Waals surface area (Å²) < 4.78 is 5.88. The van der Waals surface area contributed by atoms with Crippen LogP contribution in [0.15, 0.2) is 24.3 Å². The van der Waals surface area contributed by atoms with Crippen molar-refractivity contribution in [2.75, 3.05) is 6.54 Å². The van der Waals surface area contributed by atoms with E-state index < -0.39 is 5.91 Å². The highest BCUT2D eigenvalue weighted by molar-refractivity contribution is 5.96. The Hall–Kier alpha value is -2.04. The first-order valence-corrected chi connectivity index (χ1v) is 6.98. The molecule has 1 fully saturated rings. The van der Waals surface area contributed by atoms with Crippen molar-refractivity contribution in [2.45, 2.75) is 38.2 Å². The molecule has 3 N–H and O–H groups in total. The van der Waals surface area contributed by atoms with Crippen LogP contribution in [-0.2, 0) is 4.79 Å². The van der Waals surface area contributed by atoms with E-state index in [0.29, 0.717) is 11.7 Å². The van der Waals surface area contributed by atoms with Gasteiger partial charge in [-0.2, -0.15) is 0 Å². The van der Waals surface area contributed by atoms with Crippen LogP contribution in [0.25, 0.3) is 0 Å². The number of carbonyl (C=O) groups excluding carboxylic acids is 2. The molecule has 108 valence electrons. The Morgan fingerprint density at radius 3 is 2.40 bits per heavy atom. The van der Waals surface area contributed by atoms with Gasteiger partial charge in [0.15, 0.2) is 0 Å². The lowest BCUT2D eigenvalue weighted by molar-refractivity contribution is -0.117. The summed E-state index contributed by atoms with van der Waals surface area (Å²) in [6, 6.07) is 6.95. The first-order valence-electron chi connectivity index (χ1n) is 6.98. The third-order valence-corrected chi connectivity index (χ3v) is 3.39. The third-order valence-electron chi connectivity index (χ3n) is 3.39. The van der Waals surface area contributed by atoms with Gasteiger partial charge in [-0.05, 0) is 49.9 Å². The highest BCUT2D eigenvalue weighted by Crippen LogP contribution is 2.23. The van der Waals surface area contributed by atoms with Gasteiger partial charge in [0.1, 0.15) is 5.75 Å². The van der Waals surface area contributed by atoms with E-state index in [1.165, 1.54) is 19.3 Å². The summed E-state index contributed by atoms with van der Waals surface area (Å²) in [4.78, 5) is 22.3. The molecule has 0 saturated heterocycles. The molecule has 2 rings (SSSR count). The number of carbonyl (C=O) groups is 2. The van der Waals surface area contributed by atoms with Crippen LogP contribution in [0.1, 0.15) is 42.5 Å². The largest absolute Gasteiger partial charge is 0.490 e. The van der Waals surface area contributed by atoms with Crippen molar-refractivity contribution in [3.05, 3.63) is 29.8 Å². The highest BCUT2D eigenvalue weighted by Gasteiger charge is 2.15. The third kappa shape index (κ3) is 4.26. The molecule has 0 spiro atoms. The summed E-state index contributed by atoms with van der Waals surface area (Å²) in [6.07, 6.45) is 6.22. The molecule has 20 heavy (non-hydrogen) atoms. The van der Waals surface area contributed by atoms with Gasteiger partial charge >= 0.3 is 0 Å². The summed E-state index contributed by atoms with van der Waals surface area (Å²) in [5.74, 6) is -0.0908. The zero-order chi connectivity index (χ0) is 14.4. The Bertz CT molecular complexity index is 465. The second kappa shape index (κ2) is 6.93. The second-order valence-electron chi connectivity index (χ2n) is 5.05. The van der Waals surface area contributed by atoms with Crippen LogP contribution in [0.5, 0.6) is 5.75 Å². The fourth-order valence-corrected chi connectivity index (χ4v) is 2.33. The molecule has 1 aliphatic rings. The van der Waals surface area contributed by atoms with E-state index >= 15 is 0 Å². The molecular weight excluding hydrogens is 256 g/mol. The Balaban J connectivity index is 1.88. The zero-order valence-electron chi connectivity index (χ0n) is 11.4. The highest BCUT2D eigenvalue weighted by atomic mass is 16.5. The number of benzene rings is 1. The minimum absolute atomic E-state index is 0.154. The SMILES string of the molecule is NC(=O)CNC(=O)c1ccc(OC2CCCCC2)cc1. The Morgan fingerprint density at radius 1 is 1.15 bits per heavy atom.